The van der Waals surface area contributed by atoms with Crippen LogP contribution in [0.25, 0.3) is 16.6 Å². The number of fused-ring (bicyclic) bond motifs is 3. The van der Waals surface area contributed by atoms with E-state index in [2.05, 4.69) is 20.3 Å². The van der Waals surface area contributed by atoms with Crippen molar-refractivity contribution in [2.75, 3.05) is 31.1 Å². The highest BCUT2D eigenvalue weighted by Gasteiger charge is 2.19. The third kappa shape index (κ3) is 2.00. The predicted octanol–water partition coefficient (Wildman–Crippen LogP) is 1.44. The van der Waals surface area contributed by atoms with Gasteiger partial charge in [0, 0.05) is 31.6 Å². The van der Waals surface area contributed by atoms with Gasteiger partial charge in [-0.05, 0) is 31.5 Å². The van der Waals surface area contributed by atoms with E-state index in [1.54, 1.807) is 17.5 Å². The summed E-state index contributed by atoms with van der Waals surface area (Å²) in [5.74, 6) is 1.19. The Hall–Kier alpha value is -2.28. The average Bonchev–Trinajstić information content (AvgIpc) is 2.91. The van der Waals surface area contributed by atoms with Crippen molar-refractivity contribution in [1.82, 2.24) is 24.9 Å². The summed E-state index contributed by atoms with van der Waals surface area (Å²) in [6, 6.07) is 3.28. The monoisotopic (exact) mass is 300 g/mol. The topological polar surface area (TPSA) is 58.4 Å². The molecule has 0 aliphatic carbocycles. The van der Waals surface area contributed by atoms with Crippen LogP contribution in [-0.2, 0) is 0 Å². The molecule has 1 fully saturated rings. The zero-order valence-electron chi connectivity index (χ0n) is 12.6. The fourth-order valence-corrected chi connectivity index (χ4v) is 2.89. The molecule has 0 spiro atoms. The van der Waals surface area contributed by atoms with Crippen LogP contribution in [0.15, 0.2) is 12.1 Å². The number of hydrogen-bond donors (Lipinski definition) is 1. The van der Waals surface area contributed by atoms with Gasteiger partial charge in [0.1, 0.15) is 11.6 Å². The van der Waals surface area contributed by atoms with E-state index < -0.39 is 0 Å². The van der Waals surface area contributed by atoms with Crippen molar-refractivity contribution in [1.29, 1.82) is 0 Å². The van der Waals surface area contributed by atoms with E-state index in [0.717, 1.165) is 37.6 Å². The summed E-state index contributed by atoms with van der Waals surface area (Å²) in [5, 5.41) is 8.47. The normalized spacial score (nSPS) is 15.9. The highest BCUT2D eigenvalue weighted by atomic mass is 19.1. The Labute approximate surface area is 127 Å². The lowest BCUT2D eigenvalue weighted by Crippen LogP contribution is -2.44. The molecule has 0 radical (unpaired) electrons. The second kappa shape index (κ2) is 4.88. The molecule has 0 amide bonds. The van der Waals surface area contributed by atoms with Crippen LogP contribution in [0.1, 0.15) is 11.4 Å². The molecule has 3 heterocycles. The molecule has 6 nitrogen and oxygen atoms in total. The van der Waals surface area contributed by atoms with Crippen LogP contribution in [-0.4, -0.2) is 45.8 Å². The number of aromatic nitrogens is 4. The summed E-state index contributed by atoms with van der Waals surface area (Å²) < 4.78 is 15.7. The van der Waals surface area contributed by atoms with Crippen molar-refractivity contribution in [2.45, 2.75) is 13.8 Å². The number of aryl methyl sites for hydroxylation is 2. The molecule has 7 heteroatoms. The lowest BCUT2D eigenvalue weighted by atomic mass is 10.1. The Bertz CT molecular complexity index is 865. The van der Waals surface area contributed by atoms with E-state index in [-0.39, 0.29) is 5.82 Å². The molecule has 1 aliphatic heterocycles. The van der Waals surface area contributed by atoms with Gasteiger partial charge < -0.3 is 10.2 Å². The molecule has 3 aromatic rings. The van der Waals surface area contributed by atoms with Gasteiger partial charge in [-0.2, -0.15) is 4.52 Å². The van der Waals surface area contributed by atoms with Gasteiger partial charge in [0.2, 0.25) is 5.95 Å². The van der Waals surface area contributed by atoms with Crippen molar-refractivity contribution in [3.63, 3.8) is 0 Å². The average molecular weight is 300 g/mol. The Morgan fingerprint density at radius 2 is 1.91 bits per heavy atom. The van der Waals surface area contributed by atoms with E-state index in [0.29, 0.717) is 22.4 Å². The molecule has 1 saturated heterocycles. The van der Waals surface area contributed by atoms with Gasteiger partial charge in [0.15, 0.2) is 5.65 Å². The predicted molar refractivity (Wildman–Crippen MR) is 82.8 cm³/mol. The van der Waals surface area contributed by atoms with E-state index >= 15 is 0 Å². The standard InChI is InChI=1S/C15H17FN6/c1-9-7-13-11(8-12(9)16)14-18-10(2)20-22(14)15(19-13)21-5-3-17-4-6-21/h7-8,17H,3-6H2,1-2H3. The molecule has 1 aromatic carbocycles. The minimum absolute atomic E-state index is 0.244. The van der Waals surface area contributed by atoms with Crippen LogP contribution in [0.5, 0.6) is 0 Å². The minimum Gasteiger partial charge on any atom is -0.338 e. The SMILES string of the molecule is Cc1nc2c3cc(F)c(C)cc3nc(N3CCNCC3)n2n1. The van der Waals surface area contributed by atoms with Crippen molar-refractivity contribution in [3.8, 4) is 0 Å². The first-order valence-corrected chi connectivity index (χ1v) is 7.42. The Balaban J connectivity index is 2.03. The van der Waals surface area contributed by atoms with E-state index in [1.165, 1.54) is 6.07 Å². The fraction of sp³-hybridized carbons (Fsp3) is 0.400. The summed E-state index contributed by atoms with van der Waals surface area (Å²) in [6.07, 6.45) is 0. The summed E-state index contributed by atoms with van der Waals surface area (Å²) in [6.45, 7) is 7.15. The third-order valence-corrected chi connectivity index (χ3v) is 4.04. The largest absolute Gasteiger partial charge is 0.338 e. The molecule has 0 unspecified atom stereocenters. The van der Waals surface area contributed by atoms with Crippen LogP contribution in [0, 0.1) is 19.7 Å². The number of rotatable bonds is 1. The number of benzene rings is 1. The van der Waals surface area contributed by atoms with E-state index in [1.807, 2.05) is 6.92 Å². The smallest absolute Gasteiger partial charge is 0.229 e. The summed E-state index contributed by atoms with van der Waals surface area (Å²) >= 11 is 0. The van der Waals surface area contributed by atoms with Crippen molar-refractivity contribution < 1.29 is 4.39 Å². The second-order valence-corrected chi connectivity index (χ2v) is 5.66. The maximum absolute atomic E-state index is 13.9. The third-order valence-electron chi connectivity index (χ3n) is 4.04. The van der Waals surface area contributed by atoms with Gasteiger partial charge in [-0.1, -0.05) is 0 Å². The molecule has 0 atom stereocenters. The second-order valence-electron chi connectivity index (χ2n) is 5.66. The van der Waals surface area contributed by atoms with Crippen LogP contribution < -0.4 is 10.2 Å². The summed E-state index contributed by atoms with van der Waals surface area (Å²) in [5.41, 5.74) is 2.01. The van der Waals surface area contributed by atoms with Gasteiger partial charge in [-0.3, -0.25) is 0 Å². The lowest BCUT2D eigenvalue weighted by Gasteiger charge is -2.28. The Morgan fingerprint density at radius 1 is 1.14 bits per heavy atom. The molecule has 4 rings (SSSR count). The van der Waals surface area contributed by atoms with Crippen LogP contribution in [0.2, 0.25) is 0 Å². The van der Waals surface area contributed by atoms with Gasteiger partial charge >= 0.3 is 0 Å². The molecule has 2 aromatic heterocycles. The molecule has 22 heavy (non-hydrogen) atoms. The van der Waals surface area contributed by atoms with Crippen LogP contribution >= 0.6 is 0 Å². The van der Waals surface area contributed by atoms with E-state index in [4.69, 9.17) is 4.98 Å². The summed E-state index contributed by atoms with van der Waals surface area (Å²) in [7, 11) is 0. The van der Waals surface area contributed by atoms with Crippen LogP contribution in [0.4, 0.5) is 10.3 Å². The first-order valence-electron chi connectivity index (χ1n) is 7.42. The first kappa shape index (κ1) is 13.4. The van der Waals surface area contributed by atoms with Gasteiger partial charge in [-0.15, -0.1) is 5.10 Å². The highest BCUT2D eigenvalue weighted by Crippen LogP contribution is 2.25. The highest BCUT2D eigenvalue weighted by molar-refractivity contribution is 5.92. The molecule has 0 bridgehead atoms. The molecular formula is C15H17FN6. The van der Waals surface area contributed by atoms with Crippen molar-refractivity contribution in [2.24, 2.45) is 0 Å². The maximum atomic E-state index is 13.9. The van der Waals surface area contributed by atoms with Crippen molar-refractivity contribution in [3.05, 3.63) is 29.3 Å². The Kier molecular flexibility index (Phi) is 2.97. The zero-order valence-corrected chi connectivity index (χ0v) is 12.6. The van der Waals surface area contributed by atoms with Gasteiger partial charge in [0.25, 0.3) is 0 Å². The summed E-state index contributed by atoms with van der Waals surface area (Å²) in [4.78, 5) is 11.4. The minimum atomic E-state index is -0.244. The maximum Gasteiger partial charge on any atom is 0.229 e. The van der Waals surface area contributed by atoms with Gasteiger partial charge in [0.05, 0.1) is 5.52 Å². The van der Waals surface area contributed by atoms with Gasteiger partial charge in [-0.25, -0.2) is 14.4 Å². The number of hydrogen-bond acceptors (Lipinski definition) is 5. The molecule has 1 aliphatic rings. The Morgan fingerprint density at radius 3 is 2.68 bits per heavy atom. The van der Waals surface area contributed by atoms with E-state index in [9.17, 15) is 4.39 Å². The number of nitrogens with zero attached hydrogens (tertiary/aromatic N) is 5. The first-order chi connectivity index (χ1) is 10.6. The number of nitrogens with one attached hydrogen (secondary N) is 1. The van der Waals surface area contributed by atoms with Crippen molar-refractivity contribution >= 4 is 22.5 Å². The number of anilines is 1. The zero-order chi connectivity index (χ0) is 15.3. The quantitative estimate of drug-likeness (QED) is 0.737. The lowest BCUT2D eigenvalue weighted by molar-refractivity contribution is 0.574. The number of piperazine rings is 1. The fourth-order valence-electron chi connectivity index (χ4n) is 2.89. The molecule has 1 N–H and O–H groups in total. The number of halogens is 1. The van der Waals surface area contributed by atoms with Crippen LogP contribution in [0.3, 0.4) is 0 Å². The molecular weight excluding hydrogens is 283 g/mol. The molecule has 0 saturated carbocycles. The molecule has 114 valence electrons.